The van der Waals surface area contributed by atoms with Crippen LogP contribution >= 0.6 is 0 Å². The minimum Gasteiger partial charge on any atom is -0.309 e. The summed E-state index contributed by atoms with van der Waals surface area (Å²) in [5.74, 6) is 2.16. The van der Waals surface area contributed by atoms with Crippen molar-refractivity contribution in [1.82, 2.24) is 15.5 Å². The third-order valence-electron chi connectivity index (χ3n) is 3.77. The summed E-state index contributed by atoms with van der Waals surface area (Å²) in [6.07, 6.45) is 3.82. The fourth-order valence-corrected chi connectivity index (χ4v) is 2.62. The summed E-state index contributed by atoms with van der Waals surface area (Å²) in [6, 6.07) is 3.59. The van der Waals surface area contributed by atoms with Crippen LogP contribution in [-0.2, 0) is 4.79 Å². The Morgan fingerprint density at radius 2 is 2.29 bits per heavy atom. The molecular formula is C12H16N4O. The maximum atomic E-state index is 12.3. The molecule has 0 spiro atoms. The van der Waals surface area contributed by atoms with E-state index in [1.807, 2.05) is 19.2 Å². The van der Waals surface area contributed by atoms with Crippen LogP contribution in [0.3, 0.4) is 0 Å². The predicted molar refractivity (Wildman–Crippen MR) is 63.4 cm³/mol. The highest BCUT2D eigenvalue weighted by Gasteiger charge is 2.45. The molecule has 1 saturated carbocycles. The SMILES string of the molecule is CNC1CC2CC2CN(c2cccnn2)C1=O. The van der Waals surface area contributed by atoms with Gasteiger partial charge in [0.25, 0.3) is 0 Å². The Balaban J connectivity index is 1.89. The number of likely N-dealkylation sites (N-methyl/N-ethyl adjacent to an activating group) is 1. The smallest absolute Gasteiger partial charge is 0.245 e. The first kappa shape index (κ1) is 10.7. The number of hydrogen-bond acceptors (Lipinski definition) is 4. The summed E-state index contributed by atoms with van der Waals surface area (Å²) in [4.78, 5) is 14.1. The molecule has 5 nitrogen and oxygen atoms in total. The molecule has 1 amide bonds. The molecule has 2 heterocycles. The van der Waals surface area contributed by atoms with Crippen LogP contribution in [0.25, 0.3) is 0 Å². The van der Waals surface area contributed by atoms with E-state index < -0.39 is 0 Å². The molecule has 1 N–H and O–H groups in total. The van der Waals surface area contributed by atoms with E-state index >= 15 is 0 Å². The van der Waals surface area contributed by atoms with Gasteiger partial charge in [-0.15, -0.1) is 5.10 Å². The van der Waals surface area contributed by atoms with Gasteiger partial charge < -0.3 is 5.32 Å². The van der Waals surface area contributed by atoms with E-state index in [1.54, 1.807) is 11.1 Å². The van der Waals surface area contributed by atoms with E-state index in [4.69, 9.17) is 0 Å². The normalized spacial score (nSPS) is 31.9. The van der Waals surface area contributed by atoms with Gasteiger partial charge in [-0.1, -0.05) is 0 Å². The zero-order chi connectivity index (χ0) is 11.8. The molecule has 2 aliphatic rings. The van der Waals surface area contributed by atoms with Crippen LogP contribution in [0, 0.1) is 11.8 Å². The van der Waals surface area contributed by atoms with Gasteiger partial charge in [0, 0.05) is 12.7 Å². The molecule has 3 rings (SSSR count). The molecule has 2 fully saturated rings. The molecular weight excluding hydrogens is 216 g/mol. The highest BCUT2D eigenvalue weighted by atomic mass is 16.2. The van der Waals surface area contributed by atoms with Gasteiger partial charge in [0.2, 0.25) is 5.91 Å². The molecule has 1 aliphatic heterocycles. The number of rotatable bonds is 2. The Labute approximate surface area is 100 Å². The van der Waals surface area contributed by atoms with E-state index in [2.05, 4.69) is 15.5 Å². The highest BCUT2D eigenvalue weighted by molar-refractivity contribution is 5.96. The fourth-order valence-electron chi connectivity index (χ4n) is 2.62. The minimum atomic E-state index is -0.0745. The molecule has 1 saturated heterocycles. The molecule has 0 bridgehead atoms. The third kappa shape index (κ3) is 1.91. The Morgan fingerprint density at radius 1 is 1.41 bits per heavy atom. The summed E-state index contributed by atoms with van der Waals surface area (Å²) >= 11 is 0. The molecule has 0 radical (unpaired) electrons. The first-order chi connectivity index (χ1) is 8.29. The van der Waals surface area contributed by atoms with Crippen molar-refractivity contribution in [3.63, 3.8) is 0 Å². The predicted octanol–water partition coefficient (Wildman–Crippen LogP) is 0.437. The van der Waals surface area contributed by atoms with Crippen molar-refractivity contribution in [1.29, 1.82) is 0 Å². The topological polar surface area (TPSA) is 58.1 Å². The van der Waals surface area contributed by atoms with Crippen molar-refractivity contribution in [2.24, 2.45) is 11.8 Å². The number of amides is 1. The first-order valence-electron chi connectivity index (χ1n) is 6.06. The van der Waals surface area contributed by atoms with Gasteiger partial charge in [0.15, 0.2) is 5.82 Å². The van der Waals surface area contributed by atoms with Crippen molar-refractivity contribution >= 4 is 11.7 Å². The van der Waals surface area contributed by atoms with Crippen LogP contribution in [0.5, 0.6) is 0 Å². The Bertz CT molecular complexity index is 422. The van der Waals surface area contributed by atoms with Gasteiger partial charge in [-0.3, -0.25) is 9.69 Å². The maximum Gasteiger partial charge on any atom is 0.245 e. The molecule has 17 heavy (non-hydrogen) atoms. The fraction of sp³-hybridized carbons (Fsp3) is 0.583. The Hall–Kier alpha value is -1.49. The van der Waals surface area contributed by atoms with Gasteiger partial charge in [-0.2, -0.15) is 5.10 Å². The number of nitrogens with one attached hydrogen (secondary N) is 1. The standard InChI is InChI=1S/C12H16N4O/c1-13-10-6-8-5-9(8)7-16(12(10)17)11-3-2-4-14-15-11/h2-4,8-10,13H,5-7H2,1H3. The van der Waals surface area contributed by atoms with Crippen molar-refractivity contribution in [3.05, 3.63) is 18.3 Å². The number of fused-ring (bicyclic) bond motifs is 1. The maximum absolute atomic E-state index is 12.3. The van der Waals surface area contributed by atoms with Crippen LogP contribution in [0.1, 0.15) is 12.8 Å². The monoisotopic (exact) mass is 232 g/mol. The summed E-state index contributed by atoms with van der Waals surface area (Å²) in [5, 5.41) is 11.0. The van der Waals surface area contributed by atoms with E-state index in [0.29, 0.717) is 17.7 Å². The quantitative estimate of drug-likeness (QED) is 0.803. The van der Waals surface area contributed by atoms with Crippen molar-refractivity contribution in [2.75, 3.05) is 18.5 Å². The lowest BCUT2D eigenvalue weighted by Crippen LogP contribution is -2.45. The largest absolute Gasteiger partial charge is 0.309 e. The Morgan fingerprint density at radius 3 is 3.00 bits per heavy atom. The summed E-state index contributed by atoms with van der Waals surface area (Å²) in [6.45, 7) is 0.792. The van der Waals surface area contributed by atoms with Gasteiger partial charge in [0.05, 0.1) is 6.04 Å². The number of carbonyl (C=O) groups is 1. The molecule has 90 valence electrons. The molecule has 0 aromatic carbocycles. The van der Waals surface area contributed by atoms with Crippen LogP contribution < -0.4 is 10.2 Å². The van der Waals surface area contributed by atoms with Gasteiger partial charge in [-0.05, 0) is 43.9 Å². The van der Waals surface area contributed by atoms with Crippen molar-refractivity contribution in [3.8, 4) is 0 Å². The van der Waals surface area contributed by atoms with Gasteiger partial charge >= 0.3 is 0 Å². The number of carbonyl (C=O) groups excluding carboxylic acids is 1. The van der Waals surface area contributed by atoms with Crippen LogP contribution in [0.15, 0.2) is 18.3 Å². The van der Waals surface area contributed by atoms with Crippen LogP contribution in [0.2, 0.25) is 0 Å². The highest BCUT2D eigenvalue weighted by Crippen LogP contribution is 2.45. The molecule has 1 aromatic rings. The number of hydrogen-bond donors (Lipinski definition) is 1. The average Bonchev–Trinajstić information content (AvgIpc) is 3.11. The van der Waals surface area contributed by atoms with E-state index in [9.17, 15) is 4.79 Å². The van der Waals surface area contributed by atoms with Crippen LogP contribution in [-0.4, -0.2) is 35.7 Å². The lowest BCUT2D eigenvalue weighted by molar-refractivity contribution is -0.120. The summed E-state index contributed by atoms with van der Waals surface area (Å²) in [7, 11) is 1.85. The zero-order valence-corrected chi connectivity index (χ0v) is 9.84. The van der Waals surface area contributed by atoms with Crippen LogP contribution in [0.4, 0.5) is 5.82 Å². The van der Waals surface area contributed by atoms with Crippen molar-refractivity contribution in [2.45, 2.75) is 18.9 Å². The summed E-state index contributed by atoms with van der Waals surface area (Å²) < 4.78 is 0. The number of anilines is 1. The number of aromatic nitrogens is 2. The molecule has 1 aromatic heterocycles. The molecule has 3 atom stereocenters. The second-order valence-electron chi connectivity index (χ2n) is 4.86. The average molecular weight is 232 g/mol. The Kier molecular flexibility index (Phi) is 2.55. The van der Waals surface area contributed by atoms with Gasteiger partial charge in [-0.25, -0.2) is 0 Å². The minimum absolute atomic E-state index is 0.0745. The van der Waals surface area contributed by atoms with E-state index in [-0.39, 0.29) is 11.9 Å². The third-order valence-corrected chi connectivity index (χ3v) is 3.77. The summed E-state index contributed by atoms with van der Waals surface area (Å²) in [5.41, 5.74) is 0. The molecule has 3 unspecified atom stereocenters. The lowest BCUT2D eigenvalue weighted by Gasteiger charge is -2.23. The molecule has 1 aliphatic carbocycles. The van der Waals surface area contributed by atoms with E-state index in [1.165, 1.54) is 6.42 Å². The second kappa shape index (κ2) is 4.07. The molecule has 5 heteroatoms. The second-order valence-corrected chi connectivity index (χ2v) is 4.86. The van der Waals surface area contributed by atoms with E-state index in [0.717, 1.165) is 13.0 Å². The number of nitrogens with zero attached hydrogens (tertiary/aromatic N) is 3. The first-order valence-corrected chi connectivity index (χ1v) is 6.06. The van der Waals surface area contributed by atoms with Crippen molar-refractivity contribution < 1.29 is 4.79 Å². The lowest BCUT2D eigenvalue weighted by atomic mass is 10.1. The van der Waals surface area contributed by atoms with Gasteiger partial charge in [0.1, 0.15) is 0 Å². The zero-order valence-electron chi connectivity index (χ0n) is 9.84.